The van der Waals surface area contributed by atoms with E-state index in [4.69, 9.17) is 4.74 Å². The Balaban J connectivity index is 1.72. The molecule has 2 saturated carbocycles. The number of carbonyl (C=O) groups excluding carboxylic acids is 1. The SMILES string of the molecule is CCO[C@H]1C[C@H](NC(=O)c2ccc(=O)n(C)c2)C12CCCCC2. The summed E-state index contributed by atoms with van der Waals surface area (Å²) in [4.78, 5) is 24.0. The summed E-state index contributed by atoms with van der Waals surface area (Å²) in [7, 11) is 1.66. The Bertz CT molecular complexity index is 631. The monoisotopic (exact) mass is 318 g/mol. The van der Waals surface area contributed by atoms with Gasteiger partial charge in [0.25, 0.3) is 5.91 Å². The number of aryl methyl sites for hydroxylation is 1. The molecule has 1 aromatic heterocycles. The molecule has 1 amide bonds. The van der Waals surface area contributed by atoms with Crippen molar-refractivity contribution in [2.75, 3.05) is 6.61 Å². The largest absolute Gasteiger partial charge is 0.378 e. The van der Waals surface area contributed by atoms with E-state index in [2.05, 4.69) is 5.32 Å². The molecule has 1 aromatic rings. The second kappa shape index (κ2) is 6.48. The molecule has 0 saturated heterocycles. The number of hydrogen-bond donors (Lipinski definition) is 1. The molecule has 1 N–H and O–H groups in total. The van der Waals surface area contributed by atoms with Crippen LogP contribution in [0.25, 0.3) is 0 Å². The van der Waals surface area contributed by atoms with E-state index in [-0.39, 0.29) is 29.0 Å². The maximum atomic E-state index is 12.5. The highest BCUT2D eigenvalue weighted by Crippen LogP contribution is 2.53. The Morgan fingerprint density at radius 1 is 1.35 bits per heavy atom. The number of ether oxygens (including phenoxy) is 1. The van der Waals surface area contributed by atoms with Crippen molar-refractivity contribution in [3.8, 4) is 0 Å². The number of nitrogens with one attached hydrogen (secondary N) is 1. The first kappa shape index (κ1) is 16.2. The van der Waals surface area contributed by atoms with Crippen LogP contribution in [0.5, 0.6) is 0 Å². The fourth-order valence-corrected chi connectivity index (χ4v) is 4.24. The molecule has 126 valence electrons. The molecule has 2 aliphatic rings. The van der Waals surface area contributed by atoms with Gasteiger partial charge in [-0.25, -0.2) is 0 Å². The van der Waals surface area contributed by atoms with Crippen LogP contribution in [0.2, 0.25) is 0 Å². The maximum Gasteiger partial charge on any atom is 0.253 e. The summed E-state index contributed by atoms with van der Waals surface area (Å²) in [5.41, 5.74) is 0.549. The highest BCUT2D eigenvalue weighted by atomic mass is 16.5. The molecule has 2 fully saturated rings. The molecule has 0 bridgehead atoms. The van der Waals surface area contributed by atoms with Gasteiger partial charge in [0, 0.05) is 37.4 Å². The van der Waals surface area contributed by atoms with Crippen LogP contribution in [0.4, 0.5) is 0 Å². The average Bonchev–Trinajstić information content (AvgIpc) is 2.57. The first-order valence-corrected chi connectivity index (χ1v) is 8.66. The van der Waals surface area contributed by atoms with Gasteiger partial charge in [-0.2, -0.15) is 0 Å². The molecule has 0 radical (unpaired) electrons. The lowest BCUT2D eigenvalue weighted by molar-refractivity contribution is -0.146. The van der Waals surface area contributed by atoms with Gasteiger partial charge in [0.2, 0.25) is 5.56 Å². The molecule has 5 heteroatoms. The molecular weight excluding hydrogens is 292 g/mol. The van der Waals surface area contributed by atoms with Crippen LogP contribution in [-0.2, 0) is 11.8 Å². The third kappa shape index (κ3) is 2.94. The predicted octanol–water partition coefficient (Wildman–Crippen LogP) is 2.24. The number of carbonyl (C=O) groups is 1. The van der Waals surface area contributed by atoms with Crippen LogP contribution < -0.4 is 10.9 Å². The van der Waals surface area contributed by atoms with Gasteiger partial charge in [0.05, 0.1) is 11.7 Å². The first-order chi connectivity index (χ1) is 11.1. The molecule has 3 rings (SSSR count). The van der Waals surface area contributed by atoms with Crippen LogP contribution >= 0.6 is 0 Å². The maximum absolute atomic E-state index is 12.5. The van der Waals surface area contributed by atoms with E-state index < -0.39 is 0 Å². The quantitative estimate of drug-likeness (QED) is 0.926. The lowest BCUT2D eigenvalue weighted by Gasteiger charge is -2.57. The van der Waals surface area contributed by atoms with E-state index in [0.717, 1.165) is 25.9 Å². The van der Waals surface area contributed by atoms with E-state index >= 15 is 0 Å². The summed E-state index contributed by atoms with van der Waals surface area (Å²) in [5.74, 6) is -0.0921. The van der Waals surface area contributed by atoms with Crippen molar-refractivity contribution in [1.29, 1.82) is 0 Å². The number of hydrogen-bond acceptors (Lipinski definition) is 3. The van der Waals surface area contributed by atoms with Crippen molar-refractivity contribution in [3.63, 3.8) is 0 Å². The summed E-state index contributed by atoms with van der Waals surface area (Å²) >= 11 is 0. The summed E-state index contributed by atoms with van der Waals surface area (Å²) in [5, 5.41) is 3.19. The fraction of sp³-hybridized carbons (Fsp3) is 0.667. The Morgan fingerprint density at radius 3 is 2.74 bits per heavy atom. The lowest BCUT2D eigenvalue weighted by atomic mass is 9.55. The highest BCUT2D eigenvalue weighted by molar-refractivity contribution is 5.94. The Hall–Kier alpha value is -1.62. The van der Waals surface area contributed by atoms with E-state index in [9.17, 15) is 9.59 Å². The fourth-order valence-electron chi connectivity index (χ4n) is 4.24. The topological polar surface area (TPSA) is 60.3 Å². The normalized spacial score (nSPS) is 25.8. The minimum atomic E-state index is -0.106. The predicted molar refractivity (Wildman–Crippen MR) is 88.5 cm³/mol. The molecule has 2 atom stereocenters. The van der Waals surface area contributed by atoms with E-state index in [1.54, 1.807) is 19.3 Å². The van der Waals surface area contributed by atoms with Crippen molar-refractivity contribution in [2.45, 2.75) is 57.6 Å². The zero-order chi connectivity index (χ0) is 16.4. The summed E-state index contributed by atoms with van der Waals surface area (Å²) in [6, 6.07) is 3.22. The van der Waals surface area contributed by atoms with Gasteiger partial charge in [0.1, 0.15) is 0 Å². The molecule has 1 spiro atoms. The molecule has 0 aliphatic heterocycles. The molecule has 23 heavy (non-hydrogen) atoms. The van der Waals surface area contributed by atoms with Crippen molar-refractivity contribution in [2.24, 2.45) is 12.5 Å². The number of nitrogens with zero attached hydrogens (tertiary/aromatic N) is 1. The summed E-state index contributed by atoms with van der Waals surface area (Å²) in [6.45, 7) is 2.76. The van der Waals surface area contributed by atoms with Crippen molar-refractivity contribution < 1.29 is 9.53 Å². The van der Waals surface area contributed by atoms with Gasteiger partial charge in [-0.05, 0) is 32.3 Å². The van der Waals surface area contributed by atoms with Gasteiger partial charge in [-0.1, -0.05) is 19.3 Å². The van der Waals surface area contributed by atoms with Crippen molar-refractivity contribution in [3.05, 3.63) is 34.2 Å². The minimum absolute atomic E-state index is 0.0921. The average molecular weight is 318 g/mol. The second-order valence-electron chi connectivity index (χ2n) is 6.87. The van der Waals surface area contributed by atoms with Crippen molar-refractivity contribution >= 4 is 5.91 Å². The van der Waals surface area contributed by atoms with Crippen LogP contribution in [0.3, 0.4) is 0 Å². The number of aromatic nitrogens is 1. The molecular formula is C18H26N2O3. The molecule has 0 aromatic carbocycles. The van der Waals surface area contributed by atoms with E-state index in [0.29, 0.717) is 5.56 Å². The molecule has 0 unspecified atom stereocenters. The summed E-state index contributed by atoms with van der Waals surface area (Å²) in [6.07, 6.45) is 8.76. The van der Waals surface area contributed by atoms with Gasteiger partial charge >= 0.3 is 0 Å². The Labute approximate surface area is 137 Å². The molecule has 5 nitrogen and oxygen atoms in total. The molecule has 1 heterocycles. The first-order valence-electron chi connectivity index (χ1n) is 8.66. The van der Waals surface area contributed by atoms with Gasteiger partial charge in [-0.15, -0.1) is 0 Å². The van der Waals surface area contributed by atoms with Crippen LogP contribution in [0.1, 0.15) is 55.8 Å². The van der Waals surface area contributed by atoms with Crippen LogP contribution in [0, 0.1) is 5.41 Å². The third-order valence-electron chi connectivity index (χ3n) is 5.59. The van der Waals surface area contributed by atoms with E-state index in [1.165, 1.54) is 29.9 Å². The van der Waals surface area contributed by atoms with Gasteiger partial charge < -0.3 is 14.6 Å². The third-order valence-corrected chi connectivity index (χ3v) is 5.59. The zero-order valence-electron chi connectivity index (χ0n) is 14.0. The standard InChI is InChI=1S/C18H26N2O3/c1-3-23-15-11-14(18(15)9-5-4-6-10-18)19-17(22)13-7-8-16(21)20(2)12-13/h7-8,12,14-15H,3-6,9-11H2,1-2H3,(H,19,22)/t14-,15-/m0/s1. The number of rotatable bonds is 4. The Morgan fingerprint density at radius 2 is 2.09 bits per heavy atom. The lowest BCUT2D eigenvalue weighted by Crippen LogP contribution is -2.65. The van der Waals surface area contributed by atoms with Crippen LogP contribution in [0.15, 0.2) is 23.1 Å². The smallest absolute Gasteiger partial charge is 0.253 e. The van der Waals surface area contributed by atoms with Crippen molar-refractivity contribution in [1.82, 2.24) is 9.88 Å². The van der Waals surface area contributed by atoms with Crippen LogP contribution in [-0.4, -0.2) is 29.2 Å². The molecule has 2 aliphatic carbocycles. The minimum Gasteiger partial charge on any atom is -0.378 e. The van der Waals surface area contributed by atoms with Gasteiger partial charge in [-0.3, -0.25) is 9.59 Å². The summed E-state index contributed by atoms with van der Waals surface area (Å²) < 4.78 is 7.37. The highest BCUT2D eigenvalue weighted by Gasteiger charge is 2.56. The zero-order valence-corrected chi connectivity index (χ0v) is 14.0. The van der Waals surface area contributed by atoms with E-state index in [1.807, 2.05) is 6.92 Å². The second-order valence-corrected chi connectivity index (χ2v) is 6.87. The Kier molecular flexibility index (Phi) is 4.57. The van der Waals surface area contributed by atoms with Gasteiger partial charge in [0.15, 0.2) is 0 Å². The number of pyridine rings is 1. The number of amides is 1.